The molecule has 0 amide bonds. The lowest BCUT2D eigenvalue weighted by atomic mass is 10.0. The van der Waals surface area contributed by atoms with E-state index in [1.807, 2.05) is 0 Å². The van der Waals surface area contributed by atoms with Crippen molar-refractivity contribution in [2.75, 3.05) is 19.1 Å². The number of hydrogen-bond donors (Lipinski definition) is 0. The summed E-state index contributed by atoms with van der Waals surface area (Å²) in [7, 11) is 5.69. The van der Waals surface area contributed by atoms with Gasteiger partial charge in [-0.15, -0.1) is 0 Å². The number of fused-ring (bicyclic) bond motifs is 2. The average Bonchev–Trinajstić information content (AvgIpc) is 3.53. The normalized spacial score (nSPS) is 18.0. The quantitative estimate of drug-likeness (QED) is 0.275. The molecule has 2 aromatic carbocycles. The van der Waals surface area contributed by atoms with E-state index in [-0.39, 0.29) is 5.97 Å². The lowest BCUT2D eigenvalue weighted by Gasteiger charge is -2.13. The molecule has 0 spiro atoms. The van der Waals surface area contributed by atoms with Gasteiger partial charge in [0.2, 0.25) is 5.52 Å². The smallest absolute Gasteiger partial charge is 0.305 e. The topological polar surface area (TPSA) is 33.4 Å². The minimum atomic E-state index is -0.164. The molecule has 0 atom stereocenters. The maximum absolute atomic E-state index is 11.9. The number of aryl methyl sites for hydroxylation is 1. The van der Waals surface area contributed by atoms with Crippen LogP contribution in [-0.2, 0) is 16.6 Å². The van der Waals surface area contributed by atoms with E-state index in [0.29, 0.717) is 12.8 Å². The second-order valence-corrected chi connectivity index (χ2v) is 10.8. The molecule has 178 valence electrons. The van der Waals surface area contributed by atoms with Crippen molar-refractivity contribution in [1.29, 1.82) is 0 Å². The highest BCUT2D eigenvalue weighted by molar-refractivity contribution is 8.03. The SMILES string of the molecule is COC(=O)CCC1=C(C=Cc2sc3ccccc3[n+]2C)CCC1=CC=C1Sc2ccccc2N1C. The summed E-state index contributed by atoms with van der Waals surface area (Å²) in [5.74, 6) is -0.164. The zero-order valence-corrected chi connectivity index (χ0v) is 21.9. The predicted molar refractivity (Wildman–Crippen MR) is 146 cm³/mol. The van der Waals surface area contributed by atoms with Crippen LogP contribution in [0.4, 0.5) is 5.69 Å². The number of carbonyl (C=O) groups excluding carboxylic acids is 1. The van der Waals surface area contributed by atoms with E-state index in [1.165, 1.54) is 54.7 Å². The minimum Gasteiger partial charge on any atom is -0.469 e. The van der Waals surface area contributed by atoms with Gasteiger partial charge in [-0.2, -0.15) is 4.57 Å². The standard InChI is InChI=1S/C29H29N2O2S2/c1-30-23-8-4-6-10-25(23)34-27(30)17-14-20-12-13-21(22(20)16-19-29(32)33-3)15-18-28-31(2)24-9-5-7-11-26(24)35-28/h4-11,14-15,17-18H,12-13,16,19H2,1-3H3/q+1. The third-order valence-electron chi connectivity index (χ3n) is 6.64. The largest absolute Gasteiger partial charge is 0.469 e. The predicted octanol–water partition coefficient (Wildman–Crippen LogP) is 6.79. The van der Waals surface area contributed by atoms with Crippen molar-refractivity contribution < 1.29 is 14.1 Å². The Morgan fingerprint density at radius 1 is 1.09 bits per heavy atom. The summed E-state index contributed by atoms with van der Waals surface area (Å²) < 4.78 is 8.45. The van der Waals surface area contributed by atoms with Gasteiger partial charge in [-0.05, 0) is 60.3 Å². The van der Waals surface area contributed by atoms with Crippen molar-refractivity contribution in [2.45, 2.75) is 30.6 Å². The van der Waals surface area contributed by atoms with Gasteiger partial charge in [-0.3, -0.25) is 4.79 Å². The maximum atomic E-state index is 11.9. The van der Waals surface area contributed by atoms with Crippen LogP contribution >= 0.6 is 23.1 Å². The Balaban J connectivity index is 1.44. The van der Waals surface area contributed by atoms with Crippen LogP contribution in [0.15, 0.2) is 93.4 Å². The number of hydrogen-bond acceptors (Lipinski definition) is 5. The molecule has 4 nitrogen and oxygen atoms in total. The van der Waals surface area contributed by atoms with Crippen LogP contribution in [0.2, 0.25) is 0 Å². The van der Waals surface area contributed by atoms with Crippen LogP contribution in [0.3, 0.4) is 0 Å². The van der Waals surface area contributed by atoms with Gasteiger partial charge in [-0.25, -0.2) is 0 Å². The van der Waals surface area contributed by atoms with E-state index in [1.54, 1.807) is 23.1 Å². The molecule has 1 aliphatic heterocycles. The molecule has 1 aromatic heterocycles. The third kappa shape index (κ3) is 4.86. The number of rotatable bonds is 6. The number of ether oxygens (including phenoxy) is 1. The fraction of sp³-hybridized carbons (Fsp3) is 0.241. The number of aromatic nitrogens is 1. The zero-order valence-electron chi connectivity index (χ0n) is 20.3. The molecule has 35 heavy (non-hydrogen) atoms. The fourth-order valence-electron chi connectivity index (χ4n) is 4.67. The number of thiazole rings is 1. The van der Waals surface area contributed by atoms with Gasteiger partial charge in [0.15, 0.2) is 0 Å². The number of nitrogens with zero attached hydrogens (tertiary/aromatic N) is 2. The molecule has 5 rings (SSSR count). The monoisotopic (exact) mass is 501 g/mol. The van der Waals surface area contributed by atoms with Crippen LogP contribution in [0.25, 0.3) is 16.3 Å². The Morgan fingerprint density at radius 2 is 1.89 bits per heavy atom. The van der Waals surface area contributed by atoms with Crippen LogP contribution in [0, 0.1) is 0 Å². The molecular formula is C29H29N2O2S2+. The number of benzene rings is 2. The maximum Gasteiger partial charge on any atom is 0.305 e. The van der Waals surface area contributed by atoms with E-state index < -0.39 is 0 Å². The molecule has 2 heterocycles. The number of methoxy groups -OCH3 is 1. The second-order valence-electron chi connectivity index (χ2n) is 8.71. The molecule has 2 aliphatic rings. The molecule has 0 N–H and O–H groups in total. The molecule has 6 heteroatoms. The first-order valence-corrected chi connectivity index (χ1v) is 13.4. The summed E-state index contributed by atoms with van der Waals surface area (Å²) >= 11 is 3.60. The molecular weight excluding hydrogens is 472 g/mol. The van der Waals surface area contributed by atoms with Crippen molar-refractivity contribution in [2.24, 2.45) is 7.05 Å². The van der Waals surface area contributed by atoms with E-state index in [4.69, 9.17) is 4.74 Å². The van der Waals surface area contributed by atoms with Crippen molar-refractivity contribution in [3.8, 4) is 0 Å². The van der Waals surface area contributed by atoms with Gasteiger partial charge < -0.3 is 9.64 Å². The highest BCUT2D eigenvalue weighted by Gasteiger charge is 2.23. The number of thioether (sulfide) groups is 1. The van der Waals surface area contributed by atoms with E-state index in [2.05, 4.69) is 96.4 Å². The van der Waals surface area contributed by atoms with Crippen LogP contribution in [-0.4, -0.2) is 20.1 Å². The molecule has 3 aromatic rings. The zero-order chi connectivity index (χ0) is 24.4. The summed E-state index contributed by atoms with van der Waals surface area (Å²) in [6.07, 6.45) is 12.0. The van der Waals surface area contributed by atoms with Gasteiger partial charge >= 0.3 is 5.97 Å². The molecule has 0 bridgehead atoms. The number of anilines is 1. The third-order valence-corrected chi connectivity index (χ3v) is 9.01. The molecule has 0 unspecified atom stereocenters. The van der Waals surface area contributed by atoms with Crippen molar-refractivity contribution in [1.82, 2.24) is 0 Å². The summed E-state index contributed by atoms with van der Waals surface area (Å²) in [6, 6.07) is 17.0. The summed E-state index contributed by atoms with van der Waals surface area (Å²) in [5, 5.41) is 2.43. The molecule has 0 saturated heterocycles. The van der Waals surface area contributed by atoms with Crippen LogP contribution in [0.5, 0.6) is 0 Å². The lowest BCUT2D eigenvalue weighted by molar-refractivity contribution is -0.642. The number of carbonyl (C=O) groups is 1. The van der Waals surface area contributed by atoms with E-state index >= 15 is 0 Å². The second kappa shape index (κ2) is 10.3. The van der Waals surface area contributed by atoms with E-state index in [0.717, 1.165) is 12.8 Å². The number of esters is 1. The van der Waals surface area contributed by atoms with Gasteiger partial charge in [0.25, 0.3) is 5.01 Å². The minimum absolute atomic E-state index is 0.164. The Hall–Kier alpha value is -3.09. The van der Waals surface area contributed by atoms with Gasteiger partial charge in [0, 0.05) is 30.5 Å². The van der Waals surface area contributed by atoms with Crippen LogP contribution < -0.4 is 9.47 Å². The van der Waals surface area contributed by atoms with Gasteiger partial charge in [0.05, 0.1) is 17.8 Å². The first-order valence-electron chi connectivity index (χ1n) is 11.8. The highest BCUT2D eigenvalue weighted by atomic mass is 32.2. The highest BCUT2D eigenvalue weighted by Crippen LogP contribution is 2.45. The molecule has 0 saturated carbocycles. The number of para-hydroxylation sites is 2. The van der Waals surface area contributed by atoms with Crippen molar-refractivity contribution in [3.63, 3.8) is 0 Å². The van der Waals surface area contributed by atoms with Crippen molar-refractivity contribution in [3.05, 3.63) is 93.5 Å². The van der Waals surface area contributed by atoms with Crippen molar-refractivity contribution >= 4 is 51.0 Å². The molecule has 0 fully saturated rings. The first kappa shape index (κ1) is 23.6. The summed E-state index contributed by atoms with van der Waals surface area (Å²) in [4.78, 5) is 15.5. The fourth-order valence-corrected chi connectivity index (χ4v) is 6.78. The number of allylic oxidation sites excluding steroid dienone is 6. The Morgan fingerprint density at radius 3 is 2.69 bits per heavy atom. The Bertz CT molecular complexity index is 1410. The Kier molecular flexibility index (Phi) is 6.93. The summed E-state index contributed by atoms with van der Waals surface area (Å²) in [5.41, 5.74) is 6.39. The van der Waals surface area contributed by atoms with Gasteiger partial charge in [0.1, 0.15) is 11.7 Å². The van der Waals surface area contributed by atoms with E-state index in [9.17, 15) is 4.79 Å². The first-order chi connectivity index (χ1) is 17.0. The van der Waals surface area contributed by atoms with Gasteiger partial charge in [-0.1, -0.05) is 59.5 Å². The molecule has 1 aliphatic carbocycles. The van der Waals surface area contributed by atoms with Crippen LogP contribution in [0.1, 0.15) is 30.7 Å². The lowest BCUT2D eigenvalue weighted by Crippen LogP contribution is -2.28. The Labute approximate surface area is 214 Å². The molecule has 0 radical (unpaired) electrons. The average molecular weight is 502 g/mol. The summed E-state index contributed by atoms with van der Waals surface area (Å²) in [6.45, 7) is 0.